The number of rotatable bonds is 5. The summed E-state index contributed by atoms with van der Waals surface area (Å²) in [5, 5.41) is 13.2. The molecule has 0 aliphatic carbocycles. The third-order valence-electron chi connectivity index (χ3n) is 4.90. The first-order valence-electron chi connectivity index (χ1n) is 9.79. The number of carbonyl (C=O) groups is 3. The number of carbonyl (C=O) groups excluding carboxylic acids is 3. The molecule has 0 spiro atoms. The Hall–Kier alpha value is -3.33. The third-order valence-corrected chi connectivity index (χ3v) is 5.98. The van der Waals surface area contributed by atoms with Gasteiger partial charge in [-0.1, -0.05) is 45.2 Å². The Labute approximate surface area is 212 Å². The quantitative estimate of drug-likeness (QED) is 0.307. The van der Waals surface area contributed by atoms with Crippen LogP contribution in [0.15, 0.2) is 70.7 Å². The minimum Gasteiger partial charge on any atom is -0.507 e. The smallest absolute Gasteiger partial charge is 0.335 e. The van der Waals surface area contributed by atoms with E-state index in [0.717, 1.165) is 10.5 Å². The van der Waals surface area contributed by atoms with Crippen LogP contribution in [0.2, 0.25) is 10.0 Å². The highest BCUT2D eigenvalue weighted by Crippen LogP contribution is 2.28. The highest BCUT2D eigenvalue weighted by molar-refractivity contribution is 9.10. The van der Waals surface area contributed by atoms with Crippen molar-refractivity contribution in [2.75, 3.05) is 4.90 Å². The summed E-state index contributed by atoms with van der Waals surface area (Å²) < 4.78 is 6.36. The van der Waals surface area contributed by atoms with Crippen molar-refractivity contribution >= 4 is 68.7 Å². The Bertz CT molecular complexity index is 1340. The first-order chi connectivity index (χ1) is 16.2. The minimum atomic E-state index is -0.882. The van der Waals surface area contributed by atoms with Crippen molar-refractivity contribution < 1.29 is 24.2 Å². The minimum absolute atomic E-state index is 0.123. The molecule has 0 saturated carbocycles. The fourth-order valence-electron chi connectivity index (χ4n) is 3.18. The van der Waals surface area contributed by atoms with E-state index in [-0.39, 0.29) is 29.2 Å². The summed E-state index contributed by atoms with van der Waals surface area (Å²) in [4.78, 5) is 38.6. The lowest BCUT2D eigenvalue weighted by Gasteiger charge is -2.26. The lowest BCUT2D eigenvalue weighted by molar-refractivity contribution is -0.122. The van der Waals surface area contributed by atoms with Crippen molar-refractivity contribution in [2.45, 2.75) is 6.61 Å². The molecule has 0 radical (unpaired) electrons. The zero-order valence-corrected chi connectivity index (χ0v) is 20.3. The molecule has 10 heteroatoms. The number of urea groups is 1. The van der Waals surface area contributed by atoms with Gasteiger partial charge in [-0.15, -0.1) is 0 Å². The first-order valence-corrected chi connectivity index (χ1v) is 11.3. The van der Waals surface area contributed by atoms with Gasteiger partial charge >= 0.3 is 6.03 Å². The summed E-state index contributed by atoms with van der Waals surface area (Å²) in [6.45, 7) is 0.190. The SMILES string of the molecule is O=C1NC(=O)N(c2ccc(OCc3ccc(Cl)cc3Cl)cc2)C(=O)/C1=C/c1cc(Br)ccc1O. The predicted molar refractivity (Wildman–Crippen MR) is 132 cm³/mol. The number of phenols is 1. The van der Waals surface area contributed by atoms with Crippen LogP contribution in [-0.4, -0.2) is 23.0 Å². The number of imide groups is 2. The Kier molecular flexibility index (Phi) is 6.92. The Balaban J connectivity index is 1.55. The number of halogens is 3. The molecule has 3 aromatic carbocycles. The molecule has 1 aliphatic heterocycles. The molecule has 2 N–H and O–H groups in total. The Morgan fingerprint density at radius 1 is 1.00 bits per heavy atom. The number of barbiturate groups is 1. The van der Waals surface area contributed by atoms with Crippen LogP contribution in [0.25, 0.3) is 6.08 Å². The van der Waals surface area contributed by atoms with Crippen LogP contribution >= 0.6 is 39.1 Å². The van der Waals surface area contributed by atoms with Crippen LogP contribution in [0, 0.1) is 0 Å². The second-order valence-electron chi connectivity index (χ2n) is 7.18. The molecule has 1 fully saturated rings. The number of phenolic OH excluding ortho intramolecular Hbond substituents is 1. The highest BCUT2D eigenvalue weighted by Gasteiger charge is 2.37. The lowest BCUT2D eigenvalue weighted by Crippen LogP contribution is -2.54. The zero-order valence-electron chi connectivity index (χ0n) is 17.2. The van der Waals surface area contributed by atoms with E-state index in [1.54, 1.807) is 42.5 Å². The fraction of sp³-hybridized carbons (Fsp3) is 0.0417. The van der Waals surface area contributed by atoms with Gasteiger partial charge in [-0.25, -0.2) is 9.69 Å². The fourth-order valence-corrected chi connectivity index (χ4v) is 4.02. The van der Waals surface area contributed by atoms with Gasteiger partial charge in [-0.05, 0) is 60.7 Å². The van der Waals surface area contributed by atoms with Crippen LogP contribution in [0.5, 0.6) is 11.5 Å². The maximum absolute atomic E-state index is 13.0. The topological polar surface area (TPSA) is 95.9 Å². The number of nitrogens with zero attached hydrogens (tertiary/aromatic N) is 1. The van der Waals surface area contributed by atoms with Gasteiger partial charge in [0.2, 0.25) is 0 Å². The summed E-state index contributed by atoms with van der Waals surface area (Å²) in [6, 6.07) is 15.0. The molecule has 4 amide bonds. The molecule has 0 aromatic heterocycles. The van der Waals surface area contributed by atoms with E-state index in [9.17, 15) is 19.5 Å². The van der Waals surface area contributed by atoms with Crippen LogP contribution in [0.4, 0.5) is 10.5 Å². The van der Waals surface area contributed by atoms with Crippen molar-refractivity contribution in [3.8, 4) is 11.5 Å². The zero-order chi connectivity index (χ0) is 24.4. The number of nitrogens with one attached hydrogen (secondary N) is 1. The first kappa shape index (κ1) is 23.8. The second-order valence-corrected chi connectivity index (χ2v) is 8.94. The van der Waals surface area contributed by atoms with E-state index < -0.39 is 17.8 Å². The number of hydrogen-bond donors (Lipinski definition) is 2. The summed E-state index contributed by atoms with van der Waals surface area (Å²) in [5.41, 5.74) is 0.915. The van der Waals surface area contributed by atoms with Gasteiger partial charge in [0.15, 0.2) is 0 Å². The van der Waals surface area contributed by atoms with Crippen molar-refractivity contribution in [1.82, 2.24) is 5.32 Å². The maximum Gasteiger partial charge on any atom is 0.335 e. The predicted octanol–water partition coefficient (Wildman–Crippen LogP) is 5.71. The number of aromatic hydroxyl groups is 1. The molecular weight excluding hydrogens is 547 g/mol. The van der Waals surface area contributed by atoms with E-state index in [1.165, 1.54) is 24.3 Å². The van der Waals surface area contributed by atoms with Crippen LogP contribution in [0.3, 0.4) is 0 Å². The normalized spacial score (nSPS) is 15.0. The number of anilines is 1. The summed E-state index contributed by atoms with van der Waals surface area (Å²) in [6.07, 6.45) is 1.23. The van der Waals surface area contributed by atoms with E-state index in [0.29, 0.717) is 20.3 Å². The number of hydrogen-bond acceptors (Lipinski definition) is 5. The van der Waals surface area contributed by atoms with E-state index in [4.69, 9.17) is 27.9 Å². The number of benzene rings is 3. The Morgan fingerprint density at radius 3 is 2.44 bits per heavy atom. The van der Waals surface area contributed by atoms with Crippen LogP contribution in [-0.2, 0) is 16.2 Å². The molecule has 1 saturated heterocycles. The standard InChI is InChI=1S/C24H15BrCl2N2O5/c25-15-2-8-21(30)14(9-15)10-19-22(31)28-24(33)29(23(19)32)17-4-6-18(7-5-17)34-12-13-1-3-16(26)11-20(13)27/h1-11,30H,12H2,(H,28,31,33)/b19-10+. The van der Waals surface area contributed by atoms with Crippen LogP contribution < -0.4 is 15.0 Å². The van der Waals surface area contributed by atoms with Gasteiger partial charge in [0.1, 0.15) is 23.7 Å². The molecule has 1 aliphatic rings. The Morgan fingerprint density at radius 2 is 1.74 bits per heavy atom. The van der Waals surface area contributed by atoms with Crippen molar-refractivity contribution in [1.29, 1.82) is 0 Å². The average Bonchev–Trinajstić information content (AvgIpc) is 2.79. The molecule has 4 rings (SSSR count). The molecule has 3 aromatic rings. The molecule has 0 bridgehead atoms. The van der Waals surface area contributed by atoms with Crippen molar-refractivity contribution in [3.05, 3.63) is 91.9 Å². The number of ether oxygens (including phenoxy) is 1. The molecule has 0 unspecified atom stereocenters. The molecule has 34 heavy (non-hydrogen) atoms. The molecule has 0 atom stereocenters. The average molecular weight is 562 g/mol. The van der Waals surface area contributed by atoms with Gasteiger partial charge in [-0.3, -0.25) is 14.9 Å². The molecular formula is C24H15BrCl2N2O5. The van der Waals surface area contributed by atoms with Gasteiger partial charge in [0, 0.05) is 25.6 Å². The molecule has 7 nitrogen and oxygen atoms in total. The number of amides is 4. The van der Waals surface area contributed by atoms with Gasteiger partial charge in [0.25, 0.3) is 11.8 Å². The summed E-state index contributed by atoms with van der Waals surface area (Å²) in [7, 11) is 0. The highest BCUT2D eigenvalue weighted by atomic mass is 79.9. The largest absolute Gasteiger partial charge is 0.507 e. The third kappa shape index (κ3) is 5.09. The lowest BCUT2D eigenvalue weighted by atomic mass is 10.1. The second kappa shape index (κ2) is 9.89. The van der Waals surface area contributed by atoms with Gasteiger partial charge in [-0.2, -0.15) is 0 Å². The molecule has 172 valence electrons. The molecule has 1 heterocycles. The van der Waals surface area contributed by atoms with Gasteiger partial charge < -0.3 is 9.84 Å². The van der Waals surface area contributed by atoms with E-state index in [1.807, 2.05) is 0 Å². The van der Waals surface area contributed by atoms with Crippen molar-refractivity contribution in [2.24, 2.45) is 0 Å². The van der Waals surface area contributed by atoms with Crippen molar-refractivity contribution in [3.63, 3.8) is 0 Å². The van der Waals surface area contributed by atoms with E-state index in [2.05, 4.69) is 21.2 Å². The summed E-state index contributed by atoms with van der Waals surface area (Å²) >= 11 is 15.3. The van der Waals surface area contributed by atoms with Gasteiger partial charge in [0.05, 0.1) is 5.69 Å². The maximum atomic E-state index is 13.0. The van der Waals surface area contributed by atoms with E-state index >= 15 is 0 Å². The summed E-state index contributed by atoms with van der Waals surface area (Å²) in [5.74, 6) is -1.33. The monoisotopic (exact) mass is 560 g/mol. The van der Waals surface area contributed by atoms with Crippen LogP contribution in [0.1, 0.15) is 11.1 Å².